The standard InChI is InChI=1S/C16H15F2N5O/c17-12-2-1-11(9-13(12)18)20-16-10-19-14-3-4-15(21-23(14)16)22-5-7-24-8-6-22/h1-4,9-10,20H,5-8H2. The zero-order chi connectivity index (χ0) is 16.5. The van der Waals surface area contributed by atoms with Gasteiger partial charge in [0, 0.05) is 24.8 Å². The van der Waals surface area contributed by atoms with E-state index >= 15 is 0 Å². The third-order valence-corrected chi connectivity index (χ3v) is 3.88. The van der Waals surface area contributed by atoms with E-state index in [1.165, 1.54) is 6.07 Å². The number of aromatic nitrogens is 3. The minimum absolute atomic E-state index is 0.425. The molecule has 1 aromatic carbocycles. The first-order valence-corrected chi connectivity index (χ1v) is 7.60. The normalized spacial score (nSPS) is 15.0. The second-order valence-corrected chi connectivity index (χ2v) is 5.46. The van der Waals surface area contributed by atoms with Gasteiger partial charge in [0.1, 0.15) is 5.82 Å². The summed E-state index contributed by atoms with van der Waals surface area (Å²) in [5.74, 6) is -0.398. The van der Waals surface area contributed by atoms with Gasteiger partial charge in [0.05, 0.1) is 19.4 Å². The SMILES string of the molecule is Fc1ccc(Nc2cnc3ccc(N4CCOCC4)nn23)cc1F. The van der Waals surface area contributed by atoms with Crippen LogP contribution in [0, 0.1) is 11.6 Å². The summed E-state index contributed by atoms with van der Waals surface area (Å²) in [7, 11) is 0. The molecule has 2 aromatic heterocycles. The molecule has 0 unspecified atom stereocenters. The predicted octanol–water partition coefficient (Wildman–Crippen LogP) is 2.59. The molecule has 0 aliphatic carbocycles. The Balaban J connectivity index is 1.66. The highest BCUT2D eigenvalue weighted by Gasteiger charge is 2.14. The Bertz CT molecular complexity index is 876. The number of nitrogens with one attached hydrogen (secondary N) is 1. The number of hydrogen-bond acceptors (Lipinski definition) is 5. The van der Waals surface area contributed by atoms with Gasteiger partial charge in [-0.25, -0.2) is 13.8 Å². The second-order valence-electron chi connectivity index (χ2n) is 5.46. The van der Waals surface area contributed by atoms with E-state index in [1.54, 1.807) is 10.7 Å². The van der Waals surface area contributed by atoms with Crippen molar-refractivity contribution in [3.05, 3.63) is 48.2 Å². The van der Waals surface area contributed by atoms with Crippen LogP contribution >= 0.6 is 0 Å². The molecule has 8 heteroatoms. The van der Waals surface area contributed by atoms with Crippen molar-refractivity contribution in [3.63, 3.8) is 0 Å². The number of anilines is 3. The van der Waals surface area contributed by atoms with Crippen LogP contribution in [0.25, 0.3) is 5.65 Å². The van der Waals surface area contributed by atoms with Gasteiger partial charge in [-0.15, -0.1) is 5.10 Å². The van der Waals surface area contributed by atoms with Gasteiger partial charge in [-0.2, -0.15) is 4.52 Å². The largest absolute Gasteiger partial charge is 0.378 e. The van der Waals surface area contributed by atoms with Gasteiger partial charge in [-0.05, 0) is 24.3 Å². The number of benzene rings is 1. The molecule has 6 nitrogen and oxygen atoms in total. The quantitative estimate of drug-likeness (QED) is 0.799. The number of ether oxygens (including phenoxy) is 1. The summed E-state index contributed by atoms with van der Waals surface area (Å²) in [6.45, 7) is 2.89. The third-order valence-electron chi connectivity index (χ3n) is 3.88. The Morgan fingerprint density at radius 3 is 2.67 bits per heavy atom. The van der Waals surface area contributed by atoms with Crippen molar-refractivity contribution in [2.24, 2.45) is 0 Å². The molecule has 0 saturated carbocycles. The number of nitrogens with zero attached hydrogens (tertiary/aromatic N) is 4. The van der Waals surface area contributed by atoms with Crippen LogP contribution in [0.5, 0.6) is 0 Å². The zero-order valence-electron chi connectivity index (χ0n) is 12.7. The minimum atomic E-state index is -0.907. The molecular formula is C16H15F2N5O. The molecule has 0 amide bonds. The molecule has 0 bridgehead atoms. The Morgan fingerprint density at radius 1 is 1.04 bits per heavy atom. The lowest BCUT2D eigenvalue weighted by atomic mass is 10.3. The van der Waals surface area contributed by atoms with Gasteiger partial charge in [-0.3, -0.25) is 0 Å². The smallest absolute Gasteiger partial charge is 0.160 e. The van der Waals surface area contributed by atoms with Gasteiger partial charge in [0.15, 0.2) is 23.1 Å². The van der Waals surface area contributed by atoms with Crippen molar-refractivity contribution in [2.45, 2.75) is 0 Å². The molecule has 3 aromatic rings. The molecule has 0 spiro atoms. The number of rotatable bonds is 3. The first-order chi connectivity index (χ1) is 11.7. The van der Waals surface area contributed by atoms with E-state index in [0.717, 1.165) is 31.0 Å². The zero-order valence-corrected chi connectivity index (χ0v) is 12.7. The first-order valence-electron chi connectivity index (χ1n) is 7.60. The number of morpholine rings is 1. The molecule has 24 heavy (non-hydrogen) atoms. The maximum absolute atomic E-state index is 13.4. The fraction of sp³-hybridized carbons (Fsp3) is 0.250. The average Bonchev–Trinajstić information content (AvgIpc) is 3.01. The Hall–Kier alpha value is -2.74. The van der Waals surface area contributed by atoms with Crippen molar-refractivity contribution < 1.29 is 13.5 Å². The lowest BCUT2D eigenvalue weighted by molar-refractivity contribution is 0.122. The first kappa shape index (κ1) is 14.8. The van der Waals surface area contributed by atoms with Gasteiger partial charge in [0.25, 0.3) is 0 Å². The molecule has 124 valence electrons. The van der Waals surface area contributed by atoms with Gasteiger partial charge in [0.2, 0.25) is 0 Å². The summed E-state index contributed by atoms with van der Waals surface area (Å²) in [6, 6.07) is 7.42. The molecule has 1 fully saturated rings. The van der Waals surface area contributed by atoms with Crippen molar-refractivity contribution in [1.29, 1.82) is 0 Å². The minimum Gasteiger partial charge on any atom is -0.378 e. The molecule has 1 N–H and O–H groups in total. The van der Waals surface area contributed by atoms with E-state index in [0.29, 0.717) is 30.4 Å². The fourth-order valence-electron chi connectivity index (χ4n) is 2.63. The fourth-order valence-corrected chi connectivity index (χ4v) is 2.63. The Morgan fingerprint density at radius 2 is 1.88 bits per heavy atom. The molecule has 0 radical (unpaired) electrons. The number of hydrogen-bond donors (Lipinski definition) is 1. The topological polar surface area (TPSA) is 54.7 Å². The molecule has 0 atom stereocenters. The molecule has 1 aliphatic heterocycles. The van der Waals surface area contributed by atoms with Crippen LogP contribution in [0.3, 0.4) is 0 Å². The second kappa shape index (κ2) is 6.04. The van der Waals surface area contributed by atoms with Crippen molar-refractivity contribution in [1.82, 2.24) is 14.6 Å². The van der Waals surface area contributed by atoms with Crippen LogP contribution < -0.4 is 10.2 Å². The Labute approximate surface area is 136 Å². The number of halogens is 2. The maximum atomic E-state index is 13.4. The lowest BCUT2D eigenvalue weighted by Gasteiger charge is -2.27. The van der Waals surface area contributed by atoms with E-state index in [4.69, 9.17) is 4.74 Å². The van der Waals surface area contributed by atoms with Crippen LogP contribution in [-0.4, -0.2) is 40.9 Å². The summed E-state index contributed by atoms with van der Waals surface area (Å²) >= 11 is 0. The highest BCUT2D eigenvalue weighted by Crippen LogP contribution is 2.21. The summed E-state index contributed by atoms with van der Waals surface area (Å²) in [4.78, 5) is 6.40. The Kier molecular flexibility index (Phi) is 3.73. The number of imidazole rings is 1. The van der Waals surface area contributed by atoms with E-state index in [1.807, 2.05) is 12.1 Å². The predicted molar refractivity (Wildman–Crippen MR) is 85.7 cm³/mol. The van der Waals surface area contributed by atoms with Gasteiger partial charge < -0.3 is 15.0 Å². The van der Waals surface area contributed by atoms with Crippen molar-refractivity contribution in [2.75, 3.05) is 36.5 Å². The van der Waals surface area contributed by atoms with Gasteiger partial charge in [-0.1, -0.05) is 0 Å². The van der Waals surface area contributed by atoms with E-state index in [-0.39, 0.29) is 0 Å². The molecule has 3 heterocycles. The number of fused-ring (bicyclic) bond motifs is 1. The van der Waals surface area contributed by atoms with Crippen LogP contribution in [0.2, 0.25) is 0 Å². The van der Waals surface area contributed by atoms with E-state index in [9.17, 15) is 8.78 Å². The lowest BCUT2D eigenvalue weighted by Crippen LogP contribution is -2.37. The summed E-state index contributed by atoms with van der Waals surface area (Å²) in [5, 5.41) is 7.60. The monoisotopic (exact) mass is 331 g/mol. The van der Waals surface area contributed by atoms with E-state index < -0.39 is 11.6 Å². The molecule has 4 rings (SSSR count). The third kappa shape index (κ3) is 2.76. The van der Waals surface area contributed by atoms with Crippen LogP contribution in [0.1, 0.15) is 0 Å². The summed E-state index contributed by atoms with van der Waals surface area (Å²) in [5.41, 5.74) is 1.09. The van der Waals surface area contributed by atoms with E-state index in [2.05, 4.69) is 20.3 Å². The average molecular weight is 331 g/mol. The van der Waals surface area contributed by atoms with Crippen LogP contribution in [0.15, 0.2) is 36.5 Å². The highest BCUT2D eigenvalue weighted by molar-refractivity contribution is 5.60. The van der Waals surface area contributed by atoms with Crippen LogP contribution in [-0.2, 0) is 4.74 Å². The highest BCUT2D eigenvalue weighted by atomic mass is 19.2. The molecular weight excluding hydrogens is 316 g/mol. The van der Waals surface area contributed by atoms with Crippen LogP contribution in [0.4, 0.5) is 26.1 Å². The summed E-state index contributed by atoms with van der Waals surface area (Å²) < 4.78 is 33.4. The van der Waals surface area contributed by atoms with Gasteiger partial charge >= 0.3 is 0 Å². The van der Waals surface area contributed by atoms with Crippen molar-refractivity contribution in [3.8, 4) is 0 Å². The maximum Gasteiger partial charge on any atom is 0.160 e. The molecule has 1 aliphatic rings. The molecule has 1 saturated heterocycles. The van der Waals surface area contributed by atoms with Crippen molar-refractivity contribution >= 4 is 23.0 Å². The summed E-state index contributed by atoms with van der Waals surface area (Å²) in [6.07, 6.45) is 1.60.